The molecule has 7 heteroatoms. The molecule has 0 spiro atoms. The zero-order valence-corrected chi connectivity index (χ0v) is 15.4. The van der Waals surface area contributed by atoms with Gasteiger partial charge in [-0.05, 0) is 51.3 Å². The Morgan fingerprint density at radius 3 is 2.28 bits per heavy atom. The van der Waals surface area contributed by atoms with Crippen LogP contribution in [0.4, 0.5) is 16.2 Å². The second kappa shape index (κ2) is 9.27. The van der Waals surface area contributed by atoms with Crippen molar-refractivity contribution in [2.45, 2.75) is 13.3 Å². The average molecular weight is 347 g/mol. The molecule has 0 bridgehead atoms. The predicted molar refractivity (Wildman–Crippen MR) is 101 cm³/mol. The van der Waals surface area contributed by atoms with E-state index in [1.807, 2.05) is 43.3 Å². The fourth-order valence-corrected chi connectivity index (χ4v) is 2.83. The summed E-state index contributed by atoms with van der Waals surface area (Å²) in [5, 5.41) is 5.76. The molecular formula is C18H29N5O2. The molecule has 1 aromatic rings. The molecule has 1 saturated heterocycles. The highest BCUT2D eigenvalue weighted by Crippen LogP contribution is 2.19. The second-order valence-electron chi connectivity index (χ2n) is 6.59. The molecule has 1 fully saturated rings. The maximum atomic E-state index is 12.2. The minimum absolute atomic E-state index is 0.0272. The molecule has 1 aliphatic rings. The summed E-state index contributed by atoms with van der Waals surface area (Å²) in [6.07, 6.45) is 0.958. The quantitative estimate of drug-likeness (QED) is 0.764. The van der Waals surface area contributed by atoms with E-state index in [1.165, 1.54) is 6.92 Å². The van der Waals surface area contributed by atoms with E-state index in [4.69, 9.17) is 0 Å². The van der Waals surface area contributed by atoms with Crippen LogP contribution in [-0.4, -0.2) is 75.1 Å². The fraction of sp³-hybridized carbons (Fsp3) is 0.556. The number of urea groups is 1. The maximum Gasteiger partial charge on any atom is 0.317 e. The van der Waals surface area contributed by atoms with E-state index in [1.54, 1.807) is 0 Å². The number of carbonyl (C=O) groups is 2. The van der Waals surface area contributed by atoms with Crippen molar-refractivity contribution in [2.24, 2.45) is 0 Å². The first kappa shape index (κ1) is 19.1. The van der Waals surface area contributed by atoms with E-state index in [0.717, 1.165) is 37.4 Å². The number of nitrogens with zero attached hydrogens (tertiary/aromatic N) is 3. The number of hydrogen-bond acceptors (Lipinski definition) is 4. The van der Waals surface area contributed by atoms with Gasteiger partial charge < -0.3 is 25.3 Å². The van der Waals surface area contributed by atoms with Crippen LogP contribution in [0.5, 0.6) is 0 Å². The third-order valence-electron chi connectivity index (χ3n) is 4.18. The summed E-state index contributed by atoms with van der Waals surface area (Å²) in [6, 6.07) is 7.84. The predicted octanol–water partition coefficient (Wildman–Crippen LogP) is 1.43. The maximum absolute atomic E-state index is 12.2. The van der Waals surface area contributed by atoms with Crippen molar-refractivity contribution >= 4 is 23.3 Å². The lowest BCUT2D eigenvalue weighted by atomic mass is 10.2. The largest absolute Gasteiger partial charge is 0.368 e. The summed E-state index contributed by atoms with van der Waals surface area (Å²) in [5.74, 6) is -0.0713. The average Bonchev–Trinajstić information content (AvgIpc) is 2.59. The van der Waals surface area contributed by atoms with Crippen LogP contribution in [0, 0.1) is 0 Å². The number of anilines is 2. The smallest absolute Gasteiger partial charge is 0.317 e. The lowest BCUT2D eigenvalue weighted by Crippen LogP contribution is -2.52. The molecule has 2 N–H and O–H groups in total. The van der Waals surface area contributed by atoms with Gasteiger partial charge in [-0.1, -0.05) is 0 Å². The van der Waals surface area contributed by atoms with Crippen LogP contribution in [0.3, 0.4) is 0 Å². The van der Waals surface area contributed by atoms with Gasteiger partial charge in [-0.3, -0.25) is 4.79 Å². The molecule has 1 aliphatic heterocycles. The van der Waals surface area contributed by atoms with Gasteiger partial charge in [-0.15, -0.1) is 0 Å². The topological polar surface area (TPSA) is 67.9 Å². The zero-order valence-electron chi connectivity index (χ0n) is 15.4. The van der Waals surface area contributed by atoms with Crippen molar-refractivity contribution in [1.82, 2.24) is 15.1 Å². The van der Waals surface area contributed by atoms with Crippen molar-refractivity contribution < 1.29 is 9.59 Å². The Morgan fingerprint density at radius 1 is 1.08 bits per heavy atom. The molecule has 0 unspecified atom stereocenters. The van der Waals surface area contributed by atoms with Crippen LogP contribution >= 0.6 is 0 Å². The van der Waals surface area contributed by atoms with Gasteiger partial charge in [0.25, 0.3) is 0 Å². The monoisotopic (exact) mass is 347 g/mol. The molecule has 25 heavy (non-hydrogen) atoms. The first-order valence-electron chi connectivity index (χ1n) is 8.76. The standard InChI is InChI=1S/C18H29N5O2/c1-15(24)20-16-5-7-17(8-6-16)22-11-13-23(14-12-22)18(25)19-9-4-10-21(2)3/h5-8H,4,9-14H2,1-3H3,(H,19,25)(H,20,24). The molecule has 138 valence electrons. The van der Waals surface area contributed by atoms with E-state index in [-0.39, 0.29) is 11.9 Å². The number of benzene rings is 1. The minimum Gasteiger partial charge on any atom is -0.368 e. The van der Waals surface area contributed by atoms with Gasteiger partial charge in [0.1, 0.15) is 0 Å². The number of nitrogens with one attached hydrogen (secondary N) is 2. The van der Waals surface area contributed by atoms with E-state index in [2.05, 4.69) is 20.4 Å². The number of piperazine rings is 1. The molecule has 0 aliphatic carbocycles. The van der Waals surface area contributed by atoms with E-state index in [0.29, 0.717) is 19.6 Å². The molecule has 0 aromatic heterocycles. The highest BCUT2D eigenvalue weighted by molar-refractivity contribution is 5.88. The molecule has 1 heterocycles. The first-order valence-corrected chi connectivity index (χ1v) is 8.76. The third-order valence-corrected chi connectivity index (χ3v) is 4.18. The summed E-state index contributed by atoms with van der Waals surface area (Å²) >= 11 is 0. The molecular weight excluding hydrogens is 318 g/mol. The van der Waals surface area contributed by atoms with E-state index in [9.17, 15) is 9.59 Å². The number of carbonyl (C=O) groups excluding carboxylic acids is 2. The number of rotatable bonds is 6. The molecule has 0 atom stereocenters. The summed E-state index contributed by atoms with van der Waals surface area (Å²) in [7, 11) is 4.06. The van der Waals surface area contributed by atoms with Crippen LogP contribution in [0.15, 0.2) is 24.3 Å². The van der Waals surface area contributed by atoms with E-state index >= 15 is 0 Å². The summed E-state index contributed by atoms with van der Waals surface area (Å²) in [6.45, 7) is 6.23. The lowest BCUT2D eigenvalue weighted by molar-refractivity contribution is -0.114. The Hall–Kier alpha value is -2.28. The Kier molecular flexibility index (Phi) is 7.06. The summed E-state index contributed by atoms with van der Waals surface area (Å²) < 4.78 is 0. The Labute approximate surface area is 150 Å². The van der Waals surface area contributed by atoms with Crippen molar-refractivity contribution in [3.8, 4) is 0 Å². The Bertz CT molecular complexity index is 565. The SMILES string of the molecule is CC(=O)Nc1ccc(N2CCN(C(=O)NCCCN(C)C)CC2)cc1. The van der Waals surface area contributed by atoms with Crippen LogP contribution < -0.4 is 15.5 Å². The van der Waals surface area contributed by atoms with Crippen molar-refractivity contribution in [3.63, 3.8) is 0 Å². The molecule has 1 aromatic carbocycles. The van der Waals surface area contributed by atoms with Gasteiger partial charge in [0.2, 0.25) is 5.91 Å². The highest BCUT2D eigenvalue weighted by atomic mass is 16.2. The van der Waals surface area contributed by atoms with E-state index < -0.39 is 0 Å². The number of hydrogen-bond donors (Lipinski definition) is 2. The Morgan fingerprint density at radius 2 is 1.72 bits per heavy atom. The molecule has 7 nitrogen and oxygen atoms in total. The van der Waals surface area contributed by atoms with Crippen LogP contribution in [0.1, 0.15) is 13.3 Å². The van der Waals surface area contributed by atoms with Crippen LogP contribution in [0.25, 0.3) is 0 Å². The van der Waals surface area contributed by atoms with Crippen molar-refractivity contribution in [3.05, 3.63) is 24.3 Å². The highest BCUT2D eigenvalue weighted by Gasteiger charge is 2.20. The van der Waals surface area contributed by atoms with Gasteiger partial charge >= 0.3 is 6.03 Å². The third kappa shape index (κ3) is 6.26. The van der Waals surface area contributed by atoms with Crippen LogP contribution in [0.2, 0.25) is 0 Å². The summed E-state index contributed by atoms with van der Waals surface area (Å²) in [4.78, 5) is 29.5. The number of amides is 3. The molecule has 0 saturated carbocycles. The van der Waals surface area contributed by atoms with Gasteiger partial charge in [0.05, 0.1) is 0 Å². The zero-order chi connectivity index (χ0) is 18.2. The normalized spacial score (nSPS) is 14.6. The van der Waals surface area contributed by atoms with Gasteiger partial charge in [-0.2, -0.15) is 0 Å². The first-order chi connectivity index (χ1) is 12.0. The van der Waals surface area contributed by atoms with Crippen molar-refractivity contribution in [1.29, 1.82) is 0 Å². The lowest BCUT2D eigenvalue weighted by Gasteiger charge is -2.36. The van der Waals surface area contributed by atoms with Gasteiger partial charge in [-0.25, -0.2) is 4.79 Å². The van der Waals surface area contributed by atoms with Gasteiger partial charge in [0.15, 0.2) is 0 Å². The minimum atomic E-state index is -0.0713. The molecule has 3 amide bonds. The fourth-order valence-electron chi connectivity index (χ4n) is 2.83. The second-order valence-corrected chi connectivity index (χ2v) is 6.59. The van der Waals surface area contributed by atoms with Crippen LogP contribution in [-0.2, 0) is 4.79 Å². The van der Waals surface area contributed by atoms with Crippen molar-refractivity contribution in [2.75, 3.05) is 63.6 Å². The Balaban J connectivity index is 1.75. The molecule has 2 rings (SSSR count). The summed E-state index contributed by atoms with van der Waals surface area (Å²) in [5.41, 5.74) is 1.91. The van der Waals surface area contributed by atoms with Gasteiger partial charge in [0, 0.05) is 51.0 Å². The molecule has 0 radical (unpaired) electrons.